The summed E-state index contributed by atoms with van der Waals surface area (Å²) in [5, 5.41) is 18.6. The number of non-ortho nitro benzene ring substituents is 1. The summed E-state index contributed by atoms with van der Waals surface area (Å²) in [4.78, 5) is 14.9. The third-order valence-corrected chi connectivity index (χ3v) is 4.05. The van der Waals surface area contributed by atoms with Crippen LogP contribution in [0.15, 0.2) is 53.2 Å². The van der Waals surface area contributed by atoms with Crippen molar-refractivity contribution in [2.75, 3.05) is 5.32 Å². The fourth-order valence-corrected chi connectivity index (χ4v) is 2.78. The highest BCUT2D eigenvalue weighted by molar-refractivity contribution is 5.77. The second-order valence-electron chi connectivity index (χ2n) is 5.62. The Labute approximate surface area is 142 Å². The van der Waals surface area contributed by atoms with Gasteiger partial charge in [-0.2, -0.15) is 10.1 Å². The lowest BCUT2D eigenvalue weighted by Gasteiger charge is -2.22. The topological polar surface area (TPSA) is 99.0 Å². The van der Waals surface area contributed by atoms with Gasteiger partial charge in [0.25, 0.3) is 5.69 Å². The number of fused-ring (bicyclic) bond motifs is 1. The van der Waals surface area contributed by atoms with Crippen LogP contribution >= 0.6 is 0 Å². The fourth-order valence-electron chi connectivity index (χ4n) is 2.78. The first-order chi connectivity index (χ1) is 12.2. The number of nitro benzene ring substituents is 1. The molecule has 0 saturated heterocycles. The summed E-state index contributed by atoms with van der Waals surface area (Å²) in [6.07, 6.45) is 4.31. The van der Waals surface area contributed by atoms with E-state index in [4.69, 9.17) is 4.42 Å². The second-order valence-corrected chi connectivity index (χ2v) is 5.62. The molecular formula is C17H15N5O3. The minimum atomic E-state index is -0.414. The number of nitrogens with zero attached hydrogens (tertiary/aromatic N) is 4. The number of hydrogen-bond acceptors (Lipinski definition) is 6. The van der Waals surface area contributed by atoms with Gasteiger partial charge in [-0.25, -0.2) is 4.68 Å². The van der Waals surface area contributed by atoms with E-state index in [0.29, 0.717) is 5.95 Å². The Morgan fingerprint density at radius 1 is 1.32 bits per heavy atom. The Hall–Kier alpha value is -3.42. The number of nitrogens with one attached hydrogen (secondary N) is 1. The van der Waals surface area contributed by atoms with E-state index in [1.807, 2.05) is 25.1 Å². The van der Waals surface area contributed by atoms with Gasteiger partial charge in [0.05, 0.1) is 11.2 Å². The van der Waals surface area contributed by atoms with Gasteiger partial charge >= 0.3 is 0 Å². The Bertz CT molecular complexity index is 941. The molecule has 3 heterocycles. The second kappa shape index (κ2) is 5.90. The molecule has 1 atom stereocenters. The molecule has 3 aromatic rings. The zero-order valence-electron chi connectivity index (χ0n) is 13.4. The van der Waals surface area contributed by atoms with E-state index in [-0.39, 0.29) is 11.7 Å². The van der Waals surface area contributed by atoms with Crippen molar-refractivity contribution in [2.45, 2.75) is 19.4 Å². The summed E-state index contributed by atoms with van der Waals surface area (Å²) < 4.78 is 7.34. The molecule has 25 heavy (non-hydrogen) atoms. The molecule has 126 valence electrons. The summed E-state index contributed by atoms with van der Waals surface area (Å²) in [5.74, 6) is 2.10. The fraction of sp³-hybridized carbons (Fsp3) is 0.176. The number of benzene rings is 1. The molecule has 1 aromatic carbocycles. The maximum absolute atomic E-state index is 10.8. The van der Waals surface area contributed by atoms with Crippen LogP contribution in [0.25, 0.3) is 5.70 Å². The minimum absolute atomic E-state index is 0.0548. The molecule has 0 aliphatic carbocycles. The summed E-state index contributed by atoms with van der Waals surface area (Å²) in [7, 11) is 0. The van der Waals surface area contributed by atoms with Crippen molar-refractivity contribution in [1.82, 2.24) is 14.8 Å². The van der Waals surface area contributed by atoms with Gasteiger partial charge in [0.2, 0.25) is 5.95 Å². The zero-order chi connectivity index (χ0) is 17.4. The number of anilines is 1. The van der Waals surface area contributed by atoms with Gasteiger partial charge in [-0.05, 0) is 35.9 Å². The molecule has 1 N–H and O–H groups in total. The standard InChI is InChI=1S/C17H15N5O3/c1-2-16-19-17-18-13(11-5-7-12(8-6-11)22(23)24)10-14(21(17)20-16)15-4-3-9-25-15/h3-10,14H,2H2,1H3,(H,18,19,20)/t14-/m0/s1. The highest BCUT2D eigenvalue weighted by Gasteiger charge is 2.26. The highest BCUT2D eigenvalue weighted by Crippen LogP contribution is 2.33. The molecule has 8 nitrogen and oxygen atoms in total. The lowest BCUT2D eigenvalue weighted by atomic mass is 10.1. The van der Waals surface area contributed by atoms with Crippen molar-refractivity contribution in [3.05, 3.63) is 76.0 Å². The van der Waals surface area contributed by atoms with Gasteiger partial charge in [0.15, 0.2) is 5.82 Å². The number of aryl methyl sites for hydroxylation is 1. The van der Waals surface area contributed by atoms with Crippen LogP contribution in [-0.4, -0.2) is 19.7 Å². The quantitative estimate of drug-likeness (QED) is 0.578. The average Bonchev–Trinajstić information content (AvgIpc) is 3.30. The van der Waals surface area contributed by atoms with Crippen LogP contribution in [0.3, 0.4) is 0 Å². The maximum atomic E-state index is 10.8. The third kappa shape index (κ3) is 2.67. The predicted octanol–water partition coefficient (Wildman–Crippen LogP) is 3.40. The largest absolute Gasteiger partial charge is 0.467 e. The van der Waals surface area contributed by atoms with E-state index in [2.05, 4.69) is 15.4 Å². The molecule has 0 saturated carbocycles. The lowest BCUT2D eigenvalue weighted by Crippen LogP contribution is -2.19. The normalized spacial score (nSPS) is 16.0. The van der Waals surface area contributed by atoms with E-state index in [1.165, 1.54) is 12.1 Å². The molecular weight excluding hydrogens is 322 g/mol. The van der Waals surface area contributed by atoms with Crippen LogP contribution in [0.4, 0.5) is 11.6 Å². The first-order valence-corrected chi connectivity index (χ1v) is 7.88. The van der Waals surface area contributed by atoms with Crippen LogP contribution in [-0.2, 0) is 6.42 Å². The average molecular weight is 337 g/mol. The Kier molecular flexibility index (Phi) is 3.57. The molecule has 1 aliphatic heterocycles. The summed E-state index contributed by atoms with van der Waals surface area (Å²) in [6.45, 7) is 1.99. The van der Waals surface area contributed by atoms with Gasteiger partial charge in [-0.3, -0.25) is 10.1 Å². The molecule has 0 radical (unpaired) electrons. The molecule has 0 spiro atoms. The minimum Gasteiger partial charge on any atom is -0.467 e. The van der Waals surface area contributed by atoms with Crippen molar-refractivity contribution < 1.29 is 9.34 Å². The maximum Gasteiger partial charge on any atom is 0.269 e. The van der Waals surface area contributed by atoms with Crippen LogP contribution in [0.1, 0.15) is 30.1 Å². The lowest BCUT2D eigenvalue weighted by molar-refractivity contribution is -0.384. The summed E-state index contributed by atoms with van der Waals surface area (Å²) >= 11 is 0. The zero-order valence-corrected chi connectivity index (χ0v) is 13.4. The van der Waals surface area contributed by atoms with Gasteiger partial charge < -0.3 is 9.73 Å². The van der Waals surface area contributed by atoms with Crippen molar-refractivity contribution in [1.29, 1.82) is 0 Å². The van der Waals surface area contributed by atoms with E-state index in [0.717, 1.165) is 29.3 Å². The van der Waals surface area contributed by atoms with Crippen LogP contribution < -0.4 is 5.32 Å². The Balaban J connectivity index is 1.76. The van der Waals surface area contributed by atoms with Crippen molar-refractivity contribution in [3.8, 4) is 0 Å². The van der Waals surface area contributed by atoms with E-state index in [1.54, 1.807) is 23.1 Å². The predicted molar refractivity (Wildman–Crippen MR) is 90.9 cm³/mol. The molecule has 0 unspecified atom stereocenters. The third-order valence-electron chi connectivity index (χ3n) is 4.05. The summed E-state index contributed by atoms with van der Waals surface area (Å²) in [6, 6.07) is 9.87. The van der Waals surface area contributed by atoms with Crippen molar-refractivity contribution in [3.63, 3.8) is 0 Å². The van der Waals surface area contributed by atoms with E-state index < -0.39 is 4.92 Å². The van der Waals surface area contributed by atoms with Crippen molar-refractivity contribution >= 4 is 17.3 Å². The molecule has 8 heteroatoms. The Morgan fingerprint density at radius 2 is 2.12 bits per heavy atom. The van der Waals surface area contributed by atoms with Crippen LogP contribution in [0, 0.1) is 10.1 Å². The first-order valence-electron chi connectivity index (χ1n) is 7.88. The van der Waals surface area contributed by atoms with E-state index in [9.17, 15) is 10.1 Å². The Morgan fingerprint density at radius 3 is 2.76 bits per heavy atom. The number of aromatic nitrogens is 3. The van der Waals surface area contributed by atoms with Gasteiger partial charge in [0.1, 0.15) is 11.8 Å². The number of hydrogen-bond donors (Lipinski definition) is 1. The SMILES string of the molecule is CCc1nc2n(n1)[C@H](c1ccco1)C=C(c1ccc([N+](=O)[O-])cc1)N2. The van der Waals surface area contributed by atoms with E-state index >= 15 is 0 Å². The highest BCUT2D eigenvalue weighted by atomic mass is 16.6. The smallest absolute Gasteiger partial charge is 0.269 e. The van der Waals surface area contributed by atoms with Gasteiger partial charge in [0, 0.05) is 24.3 Å². The molecule has 1 aliphatic rings. The number of nitro groups is 1. The molecule has 0 amide bonds. The molecule has 2 aromatic heterocycles. The van der Waals surface area contributed by atoms with Crippen molar-refractivity contribution in [2.24, 2.45) is 0 Å². The van der Waals surface area contributed by atoms with Crippen LogP contribution in [0.2, 0.25) is 0 Å². The molecule has 4 rings (SSSR count). The van der Waals surface area contributed by atoms with Gasteiger partial charge in [-0.1, -0.05) is 6.92 Å². The first kappa shape index (κ1) is 15.1. The number of rotatable bonds is 4. The molecule has 0 fully saturated rings. The van der Waals surface area contributed by atoms with Gasteiger partial charge in [-0.15, -0.1) is 0 Å². The number of allylic oxidation sites excluding steroid dienone is 1. The summed E-state index contributed by atoms with van der Waals surface area (Å²) in [5.41, 5.74) is 1.69. The van der Waals surface area contributed by atoms with Crippen LogP contribution in [0.5, 0.6) is 0 Å². The molecule has 0 bridgehead atoms. The number of furan rings is 1. The monoisotopic (exact) mass is 337 g/mol.